The lowest BCUT2D eigenvalue weighted by Gasteiger charge is -1.86. The van der Waals surface area contributed by atoms with Gasteiger partial charge in [0.2, 0.25) is 5.91 Å². The Morgan fingerprint density at radius 2 is 1.82 bits per heavy atom. The summed E-state index contributed by atoms with van der Waals surface area (Å²) < 4.78 is 0. The zero-order valence-electron chi connectivity index (χ0n) is 6.96. The fourth-order valence-electron chi connectivity index (χ4n) is 0.351. The largest absolute Gasteiger partial charge is 0.481 e. The highest BCUT2D eigenvalue weighted by atomic mass is 16.4. The highest BCUT2D eigenvalue weighted by Gasteiger charge is 1.88. The van der Waals surface area contributed by atoms with E-state index in [-0.39, 0.29) is 5.91 Å². The van der Waals surface area contributed by atoms with Crippen LogP contribution < -0.4 is 5.73 Å². The van der Waals surface area contributed by atoms with Crippen molar-refractivity contribution in [2.45, 2.75) is 33.1 Å². The van der Waals surface area contributed by atoms with Crippen molar-refractivity contribution >= 4 is 11.9 Å². The first-order valence-electron chi connectivity index (χ1n) is 3.48. The first kappa shape index (κ1) is 12.6. The summed E-state index contributed by atoms with van der Waals surface area (Å²) in [6.07, 6.45) is 2.51. The van der Waals surface area contributed by atoms with E-state index in [1.54, 1.807) is 0 Å². The van der Waals surface area contributed by atoms with Crippen LogP contribution in [0.4, 0.5) is 0 Å². The fourth-order valence-corrected chi connectivity index (χ4v) is 0.351. The van der Waals surface area contributed by atoms with Gasteiger partial charge in [-0.3, -0.25) is 9.59 Å². The molecule has 0 heterocycles. The normalized spacial score (nSPS) is 7.82. The van der Waals surface area contributed by atoms with Gasteiger partial charge in [-0.25, -0.2) is 0 Å². The second kappa shape index (κ2) is 8.94. The molecule has 0 saturated carbocycles. The quantitative estimate of drug-likeness (QED) is 0.641. The number of amides is 1. The van der Waals surface area contributed by atoms with Crippen LogP contribution in [0.5, 0.6) is 0 Å². The number of rotatable bonds is 3. The first-order chi connectivity index (χ1) is 5.00. The molecule has 4 nitrogen and oxygen atoms in total. The number of carboxylic acids is 1. The maximum Gasteiger partial charge on any atom is 0.300 e. The molecule has 1 amide bonds. The zero-order valence-corrected chi connectivity index (χ0v) is 6.96. The molecular weight excluding hydrogens is 146 g/mol. The Kier molecular flexibility index (Phi) is 10.2. The van der Waals surface area contributed by atoms with Crippen molar-refractivity contribution in [1.82, 2.24) is 0 Å². The molecular formula is C7H15NO3. The SMILES string of the molecule is CC(=O)O.CCCCC(N)=O. The monoisotopic (exact) mass is 161 g/mol. The third kappa shape index (κ3) is 49.8. The molecule has 0 aromatic heterocycles. The minimum absolute atomic E-state index is 0.193. The summed E-state index contributed by atoms with van der Waals surface area (Å²) in [7, 11) is 0. The van der Waals surface area contributed by atoms with E-state index in [0.717, 1.165) is 19.8 Å². The van der Waals surface area contributed by atoms with Gasteiger partial charge >= 0.3 is 0 Å². The van der Waals surface area contributed by atoms with Crippen LogP contribution in [-0.2, 0) is 9.59 Å². The molecule has 0 radical (unpaired) electrons. The third-order valence-electron chi connectivity index (χ3n) is 0.777. The van der Waals surface area contributed by atoms with E-state index in [1.807, 2.05) is 6.92 Å². The summed E-state index contributed by atoms with van der Waals surface area (Å²) in [5.41, 5.74) is 4.84. The number of carboxylic acid groups (broad SMARTS) is 1. The maximum absolute atomic E-state index is 9.98. The zero-order chi connectivity index (χ0) is 9.28. The predicted octanol–water partition coefficient (Wildman–Crippen LogP) is 0.753. The Morgan fingerprint density at radius 3 is 1.91 bits per heavy atom. The van der Waals surface area contributed by atoms with Crippen LogP contribution in [-0.4, -0.2) is 17.0 Å². The van der Waals surface area contributed by atoms with E-state index in [2.05, 4.69) is 0 Å². The Labute approximate surface area is 66.4 Å². The average Bonchev–Trinajstić information content (AvgIpc) is 1.82. The molecule has 0 aromatic rings. The van der Waals surface area contributed by atoms with Crippen LogP contribution in [0.3, 0.4) is 0 Å². The van der Waals surface area contributed by atoms with Crippen molar-refractivity contribution in [2.75, 3.05) is 0 Å². The number of carbonyl (C=O) groups excluding carboxylic acids is 1. The first-order valence-corrected chi connectivity index (χ1v) is 3.48. The number of carbonyl (C=O) groups is 2. The van der Waals surface area contributed by atoms with Crippen molar-refractivity contribution in [1.29, 1.82) is 0 Å². The highest BCUT2D eigenvalue weighted by Crippen LogP contribution is 1.89. The lowest BCUT2D eigenvalue weighted by molar-refractivity contribution is -0.134. The summed E-state index contributed by atoms with van der Waals surface area (Å²) in [6.45, 7) is 3.11. The van der Waals surface area contributed by atoms with E-state index in [1.165, 1.54) is 0 Å². The van der Waals surface area contributed by atoms with Crippen molar-refractivity contribution in [2.24, 2.45) is 5.73 Å². The molecule has 0 atom stereocenters. The van der Waals surface area contributed by atoms with Crippen molar-refractivity contribution in [3.8, 4) is 0 Å². The Morgan fingerprint density at radius 1 is 1.45 bits per heavy atom. The van der Waals surface area contributed by atoms with E-state index in [4.69, 9.17) is 15.6 Å². The standard InChI is InChI=1S/C5H11NO.C2H4O2/c1-2-3-4-5(6)7;1-2(3)4/h2-4H2,1H3,(H2,6,7);1H3,(H,3,4). The van der Waals surface area contributed by atoms with Gasteiger partial charge in [0.1, 0.15) is 0 Å². The predicted molar refractivity (Wildman–Crippen MR) is 42.0 cm³/mol. The summed E-state index contributed by atoms with van der Waals surface area (Å²) >= 11 is 0. The van der Waals surface area contributed by atoms with Gasteiger partial charge in [-0.15, -0.1) is 0 Å². The van der Waals surface area contributed by atoms with Crippen molar-refractivity contribution in [3.05, 3.63) is 0 Å². The number of hydrogen-bond donors (Lipinski definition) is 2. The second-order valence-corrected chi connectivity index (χ2v) is 2.09. The summed E-state index contributed by atoms with van der Waals surface area (Å²) in [5.74, 6) is -1.03. The van der Waals surface area contributed by atoms with E-state index >= 15 is 0 Å². The minimum atomic E-state index is -0.833. The summed E-state index contributed by atoms with van der Waals surface area (Å²) in [5, 5.41) is 7.42. The molecule has 0 aliphatic heterocycles. The van der Waals surface area contributed by atoms with Gasteiger partial charge < -0.3 is 10.8 Å². The van der Waals surface area contributed by atoms with Gasteiger partial charge in [-0.1, -0.05) is 13.3 Å². The Hall–Kier alpha value is -1.06. The molecule has 0 saturated heterocycles. The van der Waals surface area contributed by atoms with Crippen LogP contribution in [0.2, 0.25) is 0 Å². The molecule has 0 spiro atoms. The van der Waals surface area contributed by atoms with Crippen molar-refractivity contribution in [3.63, 3.8) is 0 Å². The third-order valence-corrected chi connectivity index (χ3v) is 0.777. The molecule has 0 bridgehead atoms. The minimum Gasteiger partial charge on any atom is -0.481 e. The average molecular weight is 161 g/mol. The molecule has 0 unspecified atom stereocenters. The lowest BCUT2D eigenvalue weighted by Crippen LogP contribution is -2.09. The van der Waals surface area contributed by atoms with Gasteiger partial charge in [0.25, 0.3) is 5.97 Å². The molecule has 0 aliphatic carbocycles. The van der Waals surface area contributed by atoms with Crippen LogP contribution in [0.25, 0.3) is 0 Å². The molecule has 3 N–H and O–H groups in total. The van der Waals surface area contributed by atoms with E-state index in [0.29, 0.717) is 6.42 Å². The molecule has 4 heteroatoms. The molecule has 11 heavy (non-hydrogen) atoms. The number of hydrogen-bond acceptors (Lipinski definition) is 2. The van der Waals surface area contributed by atoms with Crippen molar-refractivity contribution < 1.29 is 14.7 Å². The molecule has 0 rings (SSSR count). The second-order valence-electron chi connectivity index (χ2n) is 2.09. The van der Waals surface area contributed by atoms with Crippen LogP contribution in [0.15, 0.2) is 0 Å². The smallest absolute Gasteiger partial charge is 0.300 e. The number of unbranched alkanes of at least 4 members (excludes halogenated alkanes) is 1. The van der Waals surface area contributed by atoms with Crippen LogP contribution in [0, 0.1) is 0 Å². The van der Waals surface area contributed by atoms with Crippen LogP contribution in [0.1, 0.15) is 33.1 Å². The van der Waals surface area contributed by atoms with Crippen LogP contribution >= 0.6 is 0 Å². The molecule has 0 aliphatic rings. The summed E-state index contributed by atoms with van der Waals surface area (Å²) in [4.78, 5) is 19.0. The van der Waals surface area contributed by atoms with E-state index in [9.17, 15) is 4.79 Å². The summed E-state index contributed by atoms with van der Waals surface area (Å²) in [6, 6.07) is 0. The van der Waals surface area contributed by atoms with Gasteiger partial charge in [-0.2, -0.15) is 0 Å². The topological polar surface area (TPSA) is 80.4 Å². The van der Waals surface area contributed by atoms with Gasteiger partial charge in [0, 0.05) is 13.3 Å². The molecule has 66 valence electrons. The number of nitrogens with two attached hydrogens (primary N) is 1. The number of primary amides is 1. The Balaban J connectivity index is 0. The highest BCUT2D eigenvalue weighted by molar-refractivity contribution is 5.73. The lowest BCUT2D eigenvalue weighted by atomic mass is 10.2. The van der Waals surface area contributed by atoms with Gasteiger partial charge in [0.15, 0.2) is 0 Å². The number of aliphatic carboxylic acids is 1. The maximum atomic E-state index is 9.98. The van der Waals surface area contributed by atoms with Gasteiger partial charge in [-0.05, 0) is 6.42 Å². The molecule has 0 fully saturated rings. The van der Waals surface area contributed by atoms with E-state index < -0.39 is 5.97 Å². The molecule has 0 aromatic carbocycles. The Bertz CT molecular complexity index is 119. The van der Waals surface area contributed by atoms with Gasteiger partial charge in [0.05, 0.1) is 0 Å². The fraction of sp³-hybridized carbons (Fsp3) is 0.714.